The molecule has 0 radical (unpaired) electrons. The molecule has 0 aliphatic carbocycles. The van der Waals surface area contributed by atoms with Crippen molar-refractivity contribution in [2.75, 3.05) is 19.5 Å². The van der Waals surface area contributed by atoms with Gasteiger partial charge in [0.25, 0.3) is 16.0 Å². The van der Waals surface area contributed by atoms with Crippen LogP contribution in [0, 0.1) is 0 Å². The highest BCUT2D eigenvalue weighted by molar-refractivity contribution is 7.85. The van der Waals surface area contributed by atoms with Crippen molar-refractivity contribution in [1.82, 2.24) is 0 Å². The number of hydrogen-bond donors (Lipinski definition) is 0. The van der Waals surface area contributed by atoms with Gasteiger partial charge in [-0.05, 0) is 5.56 Å². The largest absolute Gasteiger partial charge is 0.377 e. The van der Waals surface area contributed by atoms with Crippen molar-refractivity contribution >= 4 is 10.1 Å². The van der Waals surface area contributed by atoms with Crippen LogP contribution in [0.5, 0.6) is 0 Å². The standard InChI is InChI=1S/C12H16F2O4S/c1-19(15,16)18-10-12(13,14)7-8-17-9-11-5-3-2-4-6-11/h2-6H,7-10H2,1H3. The molecule has 0 aliphatic rings. The predicted octanol–water partition coefficient (Wildman–Crippen LogP) is 2.20. The minimum atomic E-state index is -3.85. The molecule has 0 atom stereocenters. The molecule has 0 N–H and O–H groups in total. The zero-order valence-corrected chi connectivity index (χ0v) is 11.3. The molecule has 0 saturated carbocycles. The molecular weight excluding hydrogens is 278 g/mol. The van der Waals surface area contributed by atoms with Gasteiger partial charge >= 0.3 is 0 Å². The van der Waals surface area contributed by atoms with Crippen LogP contribution >= 0.6 is 0 Å². The summed E-state index contributed by atoms with van der Waals surface area (Å²) in [5.41, 5.74) is 0.887. The van der Waals surface area contributed by atoms with Crippen LogP contribution in [-0.2, 0) is 25.6 Å². The molecule has 0 amide bonds. The first-order valence-electron chi connectivity index (χ1n) is 5.62. The fourth-order valence-corrected chi connectivity index (χ4v) is 1.64. The summed E-state index contributed by atoms with van der Waals surface area (Å²) in [6.07, 6.45) is 0.143. The van der Waals surface area contributed by atoms with E-state index in [1.54, 1.807) is 0 Å². The van der Waals surface area contributed by atoms with E-state index in [1.807, 2.05) is 30.3 Å². The Bertz CT molecular complexity index is 474. The zero-order chi connectivity index (χ0) is 14.4. The van der Waals surface area contributed by atoms with E-state index >= 15 is 0 Å². The molecule has 0 unspecified atom stereocenters. The highest BCUT2D eigenvalue weighted by Gasteiger charge is 2.30. The maximum absolute atomic E-state index is 13.2. The van der Waals surface area contributed by atoms with Gasteiger partial charge in [-0.15, -0.1) is 0 Å². The van der Waals surface area contributed by atoms with Crippen molar-refractivity contribution in [2.24, 2.45) is 0 Å². The SMILES string of the molecule is CS(=O)(=O)OCC(F)(F)CCOCc1ccccc1. The van der Waals surface area contributed by atoms with Crippen molar-refractivity contribution in [1.29, 1.82) is 0 Å². The summed E-state index contributed by atoms with van der Waals surface area (Å²) in [5.74, 6) is -3.22. The Morgan fingerprint density at radius 3 is 2.42 bits per heavy atom. The topological polar surface area (TPSA) is 52.6 Å². The molecule has 0 aromatic heterocycles. The van der Waals surface area contributed by atoms with Crippen molar-refractivity contribution in [3.8, 4) is 0 Å². The monoisotopic (exact) mass is 294 g/mol. The van der Waals surface area contributed by atoms with Crippen LogP contribution in [-0.4, -0.2) is 33.8 Å². The molecule has 7 heteroatoms. The minimum absolute atomic E-state index is 0.172. The fourth-order valence-electron chi connectivity index (χ4n) is 1.25. The van der Waals surface area contributed by atoms with Crippen LogP contribution in [0.3, 0.4) is 0 Å². The normalized spacial score (nSPS) is 12.6. The maximum Gasteiger partial charge on any atom is 0.274 e. The Morgan fingerprint density at radius 2 is 1.84 bits per heavy atom. The summed E-state index contributed by atoms with van der Waals surface area (Å²) < 4.78 is 56.8. The Morgan fingerprint density at radius 1 is 1.21 bits per heavy atom. The lowest BCUT2D eigenvalue weighted by atomic mass is 10.2. The van der Waals surface area contributed by atoms with Crippen LogP contribution in [0.1, 0.15) is 12.0 Å². The lowest BCUT2D eigenvalue weighted by Crippen LogP contribution is -2.27. The zero-order valence-electron chi connectivity index (χ0n) is 10.5. The summed E-state index contributed by atoms with van der Waals surface area (Å²) >= 11 is 0. The Balaban J connectivity index is 2.24. The number of halogens is 2. The van der Waals surface area contributed by atoms with Crippen molar-refractivity contribution in [3.63, 3.8) is 0 Å². The fraction of sp³-hybridized carbons (Fsp3) is 0.500. The van der Waals surface area contributed by atoms with Gasteiger partial charge in [-0.25, -0.2) is 8.78 Å². The molecule has 0 aliphatic heterocycles. The van der Waals surface area contributed by atoms with Gasteiger partial charge < -0.3 is 4.74 Å². The van der Waals surface area contributed by atoms with E-state index in [4.69, 9.17) is 4.74 Å². The molecular formula is C12H16F2O4S. The molecule has 108 valence electrons. The third kappa shape index (κ3) is 7.86. The molecule has 1 rings (SSSR count). The van der Waals surface area contributed by atoms with Crippen molar-refractivity contribution < 1.29 is 26.1 Å². The molecule has 1 aromatic carbocycles. The van der Waals surface area contributed by atoms with Gasteiger partial charge in [0.15, 0.2) is 0 Å². The number of benzene rings is 1. The molecule has 19 heavy (non-hydrogen) atoms. The second-order valence-electron chi connectivity index (χ2n) is 4.11. The van der Waals surface area contributed by atoms with Gasteiger partial charge in [-0.3, -0.25) is 4.18 Å². The van der Waals surface area contributed by atoms with Gasteiger partial charge in [-0.2, -0.15) is 8.42 Å². The second-order valence-corrected chi connectivity index (χ2v) is 5.75. The molecule has 0 fully saturated rings. The van der Waals surface area contributed by atoms with Gasteiger partial charge in [0.1, 0.15) is 6.61 Å². The predicted molar refractivity (Wildman–Crippen MR) is 66.5 cm³/mol. The maximum atomic E-state index is 13.2. The Hall–Kier alpha value is -1.05. The van der Waals surface area contributed by atoms with Crippen LogP contribution in [0.25, 0.3) is 0 Å². The number of alkyl halides is 2. The summed E-state index contributed by atoms with van der Waals surface area (Å²) in [5, 5.41) is 0. The lowest BCUT2D eigenvalue weighted by Gasteiger charge is -2.15. The van der Waals surface area contributed by atoms with Crippen molar-refractivity contribution in [3.05, 3.63) is 35.9 Å². The van der Waals surface area contributed by atoms with E-state index in [2.05, 4.69) is 4.18 Å². The first kappa shape index (κ1) is 16.0. The summed E-state index contributed by atoms with van der Waals surface area (Å²) in [6.45, 7) is -1.08. The Labute approximate surface area is 111 Å². The summed E-state index contributed by atoms with van der Waals surface area (Å²) in [6, 6.07) is 9.15. The number of hydrogen-bond acceptors (Lipinski definition) is 4. The van der Waals surface area contributed by atoms with Crippen LogP contribution in [0.4, 0.5) is 8.78 Å². The quantitative estimate of drug-likeness (QED) is 0.545. The molecule has 4 nitrogen and oxygen atoms in total. The molecule has 0 bridgehead atoms. The van der Waals surface area contributed by atoms with E-state index in [9.17, 15) is 17.2 Å². The van der Waals surface area contributed by atoms with Gasteiger partial charge in [0.2, 0.25) is 0 Å². The van der Waals surface area contributed by atoms with Crippen LogP contribution in [0.15, 0.2) is 30.3 Å². The molecule has 0 saturated heterocycles. The van der Waals surface area contributed by atoms with Gasteiger partial charge in [0.05, 0.1) is 19.5 Å². The van der Waals surface area contributed by atoms with Crippen LogP contribution < -0.4 is 0 Å². The van der Waals surface area contributed by atoms with E-state index in [1.165, 1.54) is 0 Å². The van der Waals surface area contributed by atoms with Gasteiger partial charge in [-0.1, -0.05) is 30.3 Å². The average Bonchev–Trinajstić information content (AvgIpc) is 2.33. The molecule has 1 aromatic rings. The average molecular weight is 294 g/mol. The van der Waals surface area contributed by atoms with Crippen LogP contribution in [0.2, 0.25) is 0 Å². The molecule has 0 spiro atoms. The number of rotatable bonds is 8. The van der Waals surface area contributed by atoms with E-state index in [0.717, 1.165) is 11.8 Å². The lowest BCUT2D eigenvalue weighted by molar-refractivity contribution is -0.0652. The molecule has 0 heterocycles. The first-order chi connectivity index (χ1) is 8.79. The first-order valence-corrected chi connectivity index (χ1v) is 7.44. The summed E-state index contributed by atoms with van der Waals surface area (Å²) in [7, 11) is -3.85. The highest BCUT2D eigenvalue weighted by atomic mass is 32.2. The number of ether oxygens (including phenoxy) is 1. The third-order valence-electron chi connectivity index (χ3n) is 2.21. The third-order valence-corrected chi connectivity index (χ3v) is 2.75. The summed E-state index contributed by atoms with van der Waals surface area (Å²) in [4.78, 5) is 0. The van der Waals surface area contributed by atoms with E-state index < -0.39 is 29.1 Å². The van der Waals surface area contributed by atoms with E-state index in [-0.39, 0.29) is 13.2 Å². The minimum Gasteiger partial charge on any atom is -0.377 e. The van der Waals surface area contributed by atoms with E-state index in [0.29, 0.717) is 0 Å². The second kappa shape index (κ2) is 6.93. The Kier molecular flexibility index (Phi) is 5.84. The van der Waals surface area contributed by atoms with Crippen molar-refractivity contribution in [2.45, 2.75) is 19.0 Å². The smallest absolute Gasteiger partial charge is 0.274 e. The van der Waals surface area contributed by atoms with Gasteiger partial charge in [0, 0.05) is 6.42 Å². The highest BCUT2D eigenvalue weighted by Crippen LogP contribution is 2.19.